The number of carbonyl (C=O) groups excluding carboxylic acids is 1. The molecule has 0 radical (unpaired) electrons. The third-order valence-corrected chi connectivity index (χ3v) is 4.22. The lowest BCUT2D eigenvalue weighted by molar-refractivity contribution is -0.385. The molecule has 7 nitrogen and oxygen atoms in total. The summed E-state index contributed by atoms with van der Waals surface area (Å²) in [6.07, 6.45) is 2.12. The Hall–Kier alpha value is -2.93. The number of hydrogen-bond donors (Lipinski definition) is 1. The van der Waals surface area contributed by atoms with E-state index in [4.69, 9.17) is 9.47 Å². The lowest BCUT2D eigenvalue weighted by Gasteiger charge is -2.12. The number of nitro benzene ring substituents is 1. The summed E-state index contributed by atoms with van der Waals surface area (Å²) in [4.78, 5) is 23.0. The Bertz CT molecular complexity index is 815. The van der Waals surface area contributed by atoms with E-state index in [9.17, 15) is 14.9 Å². The van der Waals surface area contributed by atoms with Crippen LogP contribution in [0.3, 0.4) is 0 Å². The molecule has 0 bridgehead atoms. The zero-order valence-corrected chi connectivity index (χ0v) is 14.4. The fraction of sp³-hybridized carbons (Fsp3) is 0.316. The van der Waals surface area contributed by atoms with Crippen molar-refractivity contribution in [2.45, 2.75) is 25.9 Å². The topological polar surface area (TPSA) is 90.7 Å². The van der Waals surface area contributed by atoms with Gasteiger partial charge in [-0.3, -0.25) is 14.9 Å². The first-order chi connectivity index (χ1) is 12.5. The molecule has 1 atom stereocenters. The van der Waals surface area contributed by atoms with E-state index in [0.29, 0.717) is 29.2 Å². The van der Waals surface area contributed by atoms with Crippen LogP contribution in [0.15, 0.2) is 42.5 Å². The molecule has 1 aliphatic heterocycles. The first kappa shape index (κ1) is 17.9. The molecule has 136 valence electrons. The number of hydrogen-bond acceptors (Lipinski definition) is 5. The number of rotatable bonds is 6. The van der Waals surface area contributed by atoms with E-state index in [2.05, 4.69) is 5.32 Å². The highest BCUT2D eigenvalue weighted by Crippen LogP contribution is 2.23. The maximum absolute atomic E-state index is 12.4. The smallest absolute Gasteiger partial charge is 0.274 e. The standard InChI is InChI=1S/C19H20N2O5/c1-13-7-8-15(11-18(13)21(23)24)20-19(22)14-4-2-5-16(10-14)26-12-17-6-3-9-25-17/h2,4-5,7-8,10-11,17H,3,6,9,12H2,1H3,(H,20,22)/t17-/m1/s1. The first-order valence-electron chi connectivity index (χ1n) is 8.44. The van der Waals surface area contributed by atoms with Gasteiger partial charge in [0.2, 0.25) is 0 Å². The van der Waals surface area contributed by atoms with Crippen LogP contribution in [0.1, 0.15) is 28.8 Å². The van der Waals surface area contributed by atoms with Crippen LogP contribution in [-0.2, 0) is 4.74 Å². The van der Waals surface area contributed by atoms with Crippen molar-refractivity contribution in [1.29, 1.82) is 0 Å². The molecule has 7 heteroatoms. The average molecular weight is 356 g/mol. The number of aryl methyl sites for hydroxylation is 1. The predicted octanol–water partition coefficient (Wildman–Crippen LogP) is 3.71. The second-order valence-corrected chi connectivity index (χ2v) is 6.19. The third-order valence-electron chi connectivity index (χ3n) is 4.22. The molecule has 26 heavy (non-hydrogen) atoms. The Labute approximate surface area is 151 Å². The van der Waals surface area contributed by atoms with Gasteiger partial charge in [0.25, 0.3) is 11.6 Å². The zero-order valence-electron chi connectivity index (χ0n) is 14.4. The Kier molecular flexibility index (Phi) is 5.48. The van der Waals surface area contributed by atoms with Crippen molar-refractivity contribution in [3.63, 3.8) is 0 Å². The normalized spacial score (nSPS) is 16.3. The molecular formula is C19H20N2O5. The van der Waals surface area contributed by atoms with Crippen LogP contribution < -0.4 is 10.1 Å². The maximum Gasteiger partial charge on any atom is 0.274 e. The maximum atomic E-state index is 12.4. The van der Waals surface area contributed by atoms with Gasteiger partial charge in [-0.1, -0.05) is 12.1 Å². The molecule has 0 unspecified atom stereocenters. The number of benzene rings is 2. The van der Waals surface area contributed by atoms with Gasteiger partial charge in [-0.15, -0.1) is 0 Å². The predicted molar refractivity (Wildman–Crippen MR) is 96.7 cm³/mol. The lowest BCUT2D eigenvalue weighted by Crippen LogP contribution is -2.17. The molecule has 1 saturated heterocycles. The minimum atomic E-state index is -0.468. The summed E-state index contributed by atoms with van der Waals surface area (Å²) in [5, 5.41) is 13.7. The second-order valence-electron chi connectivity index (χ2n) is 6.19. The lowest BCUT2D eigenvalue weighted by atomic mass is 10.1. The van der Waals surface area contributed by atoms with Crippen LogP contribution in [0.25, 0.3) is 0 Å². The highest BCUT2D eigenvalue weighted by Gasteiger charge is 2.17. The third kappa shape index (κ3) is 4.37. The zero-order chi connectivity index (χ0) is 18.5. The van der Waals surface area contributed by atoms with Crippen molar-refractivity contribution in [3.8, 4) is 5.75 Å². The quantitative estimate of drug-likeness (QED) is 0.629. The SMILES string of the molecule is Cc1ccc(NC(=O)c2cccc(OC[C@H]3CCCO3)c2)cc1[N+](=O)[O-]. The molecule has 1 amide bonds. The van der Waals surface area contributed by atoms with Crippen LogP contribution >= 0.6 is 0 Å². The van der Waals surface area contributed by atoms with Gasteiger partial charge in [0, 0.05) is 29.5 Å². The number of ether oxygens (including phenoxy) is 2. The van der Waals surface area contributed by atoms with E-state index >= 15 is 0 Å². The molecule has 2 aromatic carbocycles. The van der Waals surface area contributed by atoms with Crippen LogP contribution in [0.5, 0.6) is 5.75 Å². The molecule has 0 spiro atoms. The Morgan fingerprint density at radius 2 is 2.19 bits per heavy atom. The Morgan fingerprint density at radius 1 is 1.35 bits per heavy atom. The van der Waals surface area contributed by atoms with Crippen LogP contribution in [0, 0.1) is 17.0 Å². The molecular weight excluding hydrogens is 336 g/mol. The largest absolute Gasteiger partial charge is 0.491 e. The van der Waals surface area contributed by atoms with Crippen molar-refractivity contribution in [2.75, 3.05) is 18.5 Å². The summed E-state index contributed by atoms with van der Waals surface area (Å²) in [5.41, 5.74) is 1.30. The molecule has 1 fully saturated rings. The van der Waals surface area contributed by atoms with Crippen LogP contribution in [0.4, 0.5) is 11.4 Å². The van der Waals surface area contributed by atoms with Crippen molar-refractivity contribution < 1.29 is 19.2 Å². The monoisotopic (exact) mass is 356 g/mol. The van der Waals surface area contributed by atoms with E-state index in [0.717, 1.165) is 19.4 Å². The highest BCUT2D eigenvalue weighted by molar-refractivity contribution is 6.04. The van der Waals surface area contributed by atoms with Gasteiger partial charge in [0.1, 0.15) is 12.4 Å². The molecule has 3 rings (SSSR count). The summed E-state index contributed by atoms with van der Waals surface area (Å²) in [5.74, 6) is 0.230. The fourth-order valence-corrected chi connectivity index (χ4v) is 2.78. The van der Waals surface area contributed by atoms with Gasteiger partial charge in [-0.2, -0.15) is 0 Å². The average Bonchev–Trinajstić information content (AvgIpc) is 3.15. The van der Waals surface area contributed by atoms with Gasteiger partial charge in [-0.25, -0.2) is 0 Å². The summed E-state index contributed by atoms with van der Waals surface area (Å²) in [7, 11) is 0. The van der Waals surface area contributed by atoms with Crippen molar-refractivity contribution >= 4 is 17.3 Å². The minimum Gasteiger partial charge on any atom is -0.491 e. The van der Waals surface area contributed by atoms with Gasteiger partial charge in [-0.05, 0) is 44.0 Å². The van der Waals surface area contributed by atoms with Crippen molar-refractivity contribution in [2.24, 2.45) is 0 Å². The molecule has 0 aromatic heterocycles. The van der Waals surface area contributed by atoms with Gasteiger partial charge >= 0.3 is 0 Å². The molecule has 0 saturated carbocycles. The number of amides is 1. The van der Waals surface area contributed by atoms with Crippen molar-refractivity contribution in [3.05, 3.63) is 63.7 Å². The molecule has 0 aliphatic carbocycles. The Morgan fingerprint density at radius 3 is 2.92 bits per heavy atom. The van der Waals surface area contributed by atoms with E-state index in [-0.39, 0.29) is 17.7 Å². The summed E-state index contributed by atoms with van der Waals surface area (Å²) in [6.45, 7) is 2.87. The number of nitro groups is 1. The van der Waals surface area contributed by atoms with Gasteiger partial charge < -0.3 is 14.8 Å². The number of nitrogens with one attached hydrogen (secondary N) is 1. The Balaban J connectivity index is 1.67. The van der Waals surface area contributed by atoms with Gasteiger partial charge in [0.15, 0.2) is 0 Å². The molecule has 2 aromatic rings. The molecule has 1 aliphatic rings. The second kappa shape index (κ2) is 7.97. The number of anilines is 1. The minimum absolute atomic E-state index is 0.0311. The first-order valence-corrected chi connectivity index (χ1v) is 8.44. The summed E-state index contributed by atoms with van der Waals surface area (Å²) in [6, 6.07) is 11.4. The van der Waals surface area contributed by atoms with E-state index in [1.165, 1.54) is 6.07 Å². The van der Waals surface area contributed by atoms with E-state index < -0.39 is 4.92 Å². The van der Waals surface area contributed by atoms with Crippen LogP contribution in [0.2, 0.25) is 0 Å². The number of carbonyl (C=O) groups is 1. The van der Waals surface area contributed by atoms with E-state index in [1.807, 2.05) is 0 Å². The summed E-state index contributed by atoms with van der Waals surface area (Å²) < 4.78 is 11.2. The highest BCUT2D eigenvalue weighted by atomic mass is 16.6. The van der Waals surface area contributed by atoms with Crippen molar-refractivity contribution in [1.82, 2.24) is 0 Å². The van der Waals surface area contributed by atoms with Crippen LogP contribution in [-0.4, -0.2) is 30.1 Å². The molecule has 1 heterocycles. The number of nitrogens with zero attached hydrogens (tertiary/aromatic N) is 1. The van der Waals surface area contributed by atoms with Gasteiger partial charge in [0.05, 0.1) is 11.0 Å². The van der Waals surface area contributed by atoms with E-state index in [1.54, 1.807) is 43.3 Å². The summed E-state index contributed by atoms with van der Waals surface area (Å²) >= 11 is 0. The molecule has 1 N–H and O–H groups in total. The fourth-order valence-electron chi connectivity index (χ4n) is 2.78.